The first-order valence-corrected chi connectivity index (χ1v) is 9.99. The average Bonchev–Trinajstić information content (AvgIpc) is 3.05. The molecule has 0 saturated carbocycles. The quantitative estimate of drug-likeness (QED) is 0.309. The smallest absolute Gasteiger partial charge is 0.348 e. The Balaban J connectivity index is 1.80. The van der Waals surface area contributed by atoms with Gasteiger partial charge in [0.25, 0.3) is 5.56 Å². The maximum Gasteiger partial charge on any atom is 0.348 e. The lowest BCUT2D eigenvalue weighted by Gasteiger charge is -2.13. The molecule has 0 amide bonds. The zero-order chi connectivity index (χ0) is 21.8. The van der Waals surface area contributed by atoms with Gasteiger partial charge in [0, 0.05) is 0 Å². The van der Waals surface area contributed by atoms with Crippen LogP contribution in [-0.2, 0) is 14.3 Å². The van der Waals surface area contributed by atoms with Gasteiger partial charge in [0.05, 0.1) is 5.39 Å². The summed E-state index contributed by atoms with van der Waals surface area (Å²) in [5.41, 5.74) is -0.141. The van der Waals surface area contributed by atoms with Crippen LogP contribution in [0, 0.1) is 6.92 Å². The van der Waals surface area contributed by atoms with Gasteiger partial charge >= 0.3 is 5.97 Å². The summed E-state index contributed by atoms with van der Waals surface area (Å²) in [5, 5.41) is 0.197. The van der Waals surface area contributed by atoms with Crippen molar-refractivity contribution in [3.8, 4) is 5.75 Å². The zero-order valence-electron chi connectivity index (χ0n) is 16.7. The van der Waals surface area contributed by atoms with E-state index in [9.17, 15) is 19.2 Å². The van der Waals surface area contributed by atoms with E-state index < -0.39 is 29.1 Å². The molecule has 0 atom stereocenters. The van der Waals surface area contributed by atoms with Crippen LogP contribution in [-0.4, -0.2) is 40.3 Å². The highest BCUT2D eigenvalue weighted by atomic mass is 32.1. The molecule has 0 unspecified atom stereocenters. The number of carbonyl (C=O) groups excluding carboxylic acids is 3. The molecule has 0 radical (unpaired) electrons. The highest BCUT2D eigenvalue weighted by Gasteiger charge is 2.26. The number of esters is 1. The maximum atomic E-state index is 12.9. The van der Waals surface area contributed by atoms with Crippen molar-refractivity contribution in [1.82, 2.24) is 9.55 Å². The molecule has 9 heteroatoms. The summed E-state index contributed by atoms with van der Waals surface area (Å²) in [4.78, 5) is 53.8. The van der Waals surface area contributed by atoms with E-state index in [-0.39, 0.29) is 23.5 Å². The van der Waals surface area contributed by atoms with Crippen molar-refractivity contribution >= 4 is 39.1 Å². The van der Waals surface area contributed by atoms with Crippen LogP contribution in [0.4, 0.5) is 0 Å². The van der Waals surface area contributed by atoms with E-state index in [1.54, 1.807) is 19.1 Å². The number of thiophene rings is 1. The first-order valence-electron chi connectivity index (χ1n) is 9.17. The molecule has 156 valence electrons. The van der Waals surface area contributed by atoms with Gasteiger partial charge < -0.3 is 9.47 Å². The lowest BCUT2D eigenvalue weighted by atomic mass is 10.1. The Bertz CT molecular complexity index is 1150. The van der Waals surface area contributed by atoms with E-state index in [1.165, 1.54) is 13.8 Å². The molecule has 0 aliphatic heterocycles. The van der Waals surface area contributed by atoms with Gasteiger partial charge in [-0.2, -0.15) is 0 Å². The average molecular weight is 428 g/mol. The predicted octanol–water partition coefficient (Wildman–Crippen LogP) is 2.72. The van der Waals surface area contributed by atoms with Crippen LogP contribution < -0.4 is 10.3 Å². The van der Waals surface area contributed by atoms with Crippen molar-refractivity contribution in [3.63, 3.8) is 0 Å². The molecule has 3 rings (SSSR count). The largest absolute Gasteiger partial charge is 0.490 e. The number of aryl methyl sites for hydroxylation is 1. The fraction of sp³-hybridized carbons (Fsp3) is 0.286. The molecule has 2 aromatic heterocycles. The van der Waals surface area contributed by atoms with E-state index >= 15 is 0 Å². The van der Waals surface area contributed by atoms with Gasteiger partial charge in [-0.3, -0.25) is 19.0 Å². The molecule has 30 heavy (non-hydrogen) atoms. The van der Waals surface area contributed by atoms with Gasteiger partial charge in [-0.05, 0) is 38.5 Å². The highest BCUT2D eigenvalue weighted by molar-refractivity contribution is 7.20. The number of benzene rings is 1. The first kappa shape index (κ1) is 21.4. The lowest BCUT2D eigenvalue weighted by Crippen LogP contribution is -2.33. The summed E-state index contributed by atoms with van der Waals surface area (Å²) in [6, 6.07) is 7.90. The molecule has 0 fully saturated rings. The minimum Gasteiger partial charge on any atom is -0.490 e. The number of rotatable bonds is 8. The van der Waals surface area contributed by atoms with Gasteiger partial charge in [0.2, 0.25) is 0 Å². The van der Waals surface area contributed by atoms with E-state index in [1.807, 2.05) is 18.2 Å². The molecule has 8 nitrogen and oxygen atoms in total. The van der Waals surface area contributed by atoms with E-state index in [4.69, 9.17) is 9.47 Å². The van der Waals surface area contributed by atoms with Crippen molar-refractivity contribution in [2.45, 2.75) is 26.8 Å². The van der Waals surface area contributed by atoms with Gasteiger partial charge in [0.15, 0.2) is 17.6 Å². The highest BCUT2D eigenvalue weighted by Crippen LogP contribution is 2.28. The molecule has 0 saturated heterocycles. The normalized spacial score (nSPS) is 10.9. The van der Waals surface area contributed by atoms with Crippen molar-refractivity contribution in [1.29, 1.82) is 0 Å². The number of aromatic nitrogens is 2. The van der Waals surface area contributed by atoms with Crippen molar-refractivity contribution in [2.24, 2.45) is 0 Å². The fourth-order valence-electron chi connectivity index (χ4n) is 3.07. The molecular weight excluding hydrogens is 408 g/mol. The van der Waals surface area contributed by atoms with Crippen LogP contribution in [0.15, 0.2) is 41.5 Å². The monoisotopic (exact) mass is 428 g/mol. The summed E-state index contributed by atoms with van der Waals surface area (Å²) in [5.74, 6) is -0.844. The Labute approximate surface area is 176 Å². The van der Waals surface area contributed by atoms with Gasteiger partial charge in [-0.25, -0.2) is 9.78 Å². The number of Topliss-reactive ketones (excluding diaryl/α,β-unsaturated/α-hetero) is 2. The number of hydrogen-bond donors (Lipinski definition) is 0. The third-order valence-corrected chi connectivity index (χ3v) is 5.62. The number of nitrogens with zero attached hydrogens (tertiary/aromatic N) is 2. The molecule has 0 bridgehead atoms. The van der Waals surface area contributed by atoms with Crippen molar-refractivity contribution in [2.75, 3.05) is 13.2 Å². The Morgan fingerprint density at radius 2 is 1.77 bits per heavy atom. The zero-order valence-corrected chi connectivity index (χ0v) is 17.5. The summed E-state index contributed by atoms with van der Waals surface area (Å²) in [6.07, 6.45) is 1.16. The number of ketones is 2. The van der Waals surface area contributed by atoms with Crippen LogP contribution >= 0.6 is 11.3 Å². The van der Waals surface area contributed by atoms with E-state index in [0.29, 0.717) is 16.1 Å². The minimum atomic E-state index is -1.24. The van der Waals surface area contributed by atoms with E-state index in [2.05, 4.69) is 4.98 Å². The van der Waals surface area contributed by atoms with Crippen LogP contribution in [0.3, 0.4) is 0 Å². The molecule has 3 aromatic rings. The molecule has 0 spiro atoms. The standard InChI is InChI=1S/C21H20N2O6S/c1-12-16-19(22-11-23(20(16)26)17(13(2)24)14(3)25)30-18(12)21(27)29-10-9-28-15-7-5-4-6-8-15/h4-8,11,17H,9-10H2,1-3H3. The van der Waals surface area contributed by atoms with Crippen LogP contribution in [0.5, 0.6) is 5.75 Å². The van der Waals surface area contributed by atoms with Gasteiger partial charge in [-0.15, -0.1) is 11.3 Å². The fourth-order valence-corrected chi connectivity index (χ4v) is 4.10. The summed E-state index contributed by atoms with van der Waals surface area (Å²) >= 11 is 1.03. The summed E-state index contributed by atoms with van der Waals surface area (Å²) in [6.45, 7) is 4.31. The maximum absolute atomic E-state index is 12.9. The Kier molecular flexibility index (Phi) is 6.41. The Morgan fingerprint density at radius 1 is 1.10 bits per heavy atom. The van der Waals surface area contributed by atoms with Gasteiger partial charge in [0.1, 0.15) is 35.0 Å². The number of carbonyl (C=O) groups is 3. The van der Waals surface area contributed by atoms with E-state index in [0.717, 1.165) is 22.2 Å². The molecule has 0 aliphatic rings. The second-order valence-electron chi connectivity index (χ2n) is 6.61. The third-order valence-electron chi connectivity index (χ3n) is 4.44. The SMILES string of the molecule is CC(=O)C(C(C)=O)n1cnc2sc(C(=O)OCCOc3ccccc3)c(C)c2c1=O. The van der Waals surface area contributed by atoms with Crippen molar-refractivity contribution < 1.29 is 23.9 Å². The molecule has 0 aliphatic carbocycles. The second-order valence-corrected chi connectivity index (χ2v) is 7.61. The number of hydrogen-bond acceptors (Lipinski definition) is 8. The minimum absolute atomic E-state index is 0.0375. The molecule has 1 aromatic carbocycles. The first-order chi connectivity index (χ1) is 14.3. The summed E-state index contributed by atoms with van der Waals surface area (Å²) < 4.78 is 11.7. The van der Waals surface area contributed by atoms with Crippen molar-refractivity contribution in [3.05, 3.63) is 57.5 Å². The number of para-hydroxylation sites is 1. The molecule has 0 N–H and O–H groups in total. The predicted molar refractivity (Wildman–Crippen MR) is 111 cm³/mol. The van der Waals surface area contributed by atoms with Gasteiger partial charge in [-0.1, -0.05) is 18.2 Å². The summed E-state index contributed by atoms with van der Waals surface area (Å²) in [7, 11) is 0. The molecular formula is C21H20N2O6S. The second kappa shape index (κ2) is 9.00. The molecule has 2 heterocycles. The van der Waals surface area contributed by atoms with Crippen LogP contribution in [0.2, 0.25) is 0 Å². The van der Waals surface area contributed by atoms with Crippen LogP contribution in [0.1, 0.15) is 35.1 Å². The van der Waals surface area contributed by atoms with Crippen LogP contribution in [0.25, 0.3) is 10.2 Å². The third kappa shape index (κ3) is 4.30. The Morgan fingerprint density at radius 3 is 2.40 bits per heavy atom. The number of fused-ring (bicyclic) bond motifs is 1. The lowest BCUT2D eigenvalue weighted by molar-refractivity contribution is -0.129. The number of ether oxygens (including phenoxy) is 2. The Hall–Kier alpha value is -3.33. The topological polar surface area (TPSA) is 105 Å².